The molecule has 0 spiro atoms. The van der Waals surface area contributed by atoms with E-state index in [-0.39, 0.29) is 0 Å². The number of halogens is 2. The van der Waals surface area contributed by atoms with Crippen LogP contribution in [0.2, 0.25) is 5.02 Å². The van der Waals surface area contributed by atoms with Crippen LogP contribution in [0.15, 0.2) is 77.3 Å². The first-order chi connectivity index (χ1) is 13.4. The normalized spacial score (nSPS) is 11.5. The molecule has 1 amide bonds. The lowest BCUT2D eigenvalue weighted by Crippen LogP contribution is -2.26. The van der Waals surface area contributed by atoms with Crippen molar-refractivity contribution in [2.75, 3.05) is 5.32 Å². The number of amides is 1. The molecule has 0 aliphatic heterocycles. The number of carbonyl (C=O) groups is 2. The number of ether oxygens (including phenoxy) is 1. The van der Waals surface area contributed by atoms with Gasteiger partial charge in [-0.3, -0.25) is 4.79 Å². The quantitative estimate of drug-likeness (QED) is 0.481. The summed E-state index contributed by atoms with van der Waals surface area (Å²) in [4.78, 5) is 25.4. The Kier molecular flexibility index (Phi) is 6.49. The molecular formula is C22H17BrClNO3. The van der Waals surface area contributed by atoms with E-state index in [0.717, 1.165) is 10.0 Å². The van der Waals surface area contributed by atoms with E-state index in [1.807, 2.05) is 19.1 Å². The van der Waals surface area contributed by atoms with Gasteiger partial charge in [-0.05, 0) is 48.9 Å². The minimum Gasteiger partial charge on any atom is -0.444 e. The van der Waals surface area contributed by atoms with Crippen LogP contribution in [0.5, 0.6) is 0 Å². The molecule has 4 nitrogen and oxygen atoms in total. The Balaban J connectivity index is 1.84. The zero-order chi connectivity index (χ0) is 20.1. The third-order valence-electron chi connectivity index (χ3n) is 4.08. The lowest BCUT2D eigenvalue weighted by Gasteiger charge is -2.18. The van der Waals surface area contributed by atoms with Crippen molar-refractivity contribution in [1.82, 2.24) is 0 Å². The number of benzene rings is 3. The highest BCUT2D eigenvalue weighted by molar-refractivity contribution is 9.10. The third-order valence-corrected chi connectivity index (χ3v) is 5.02. The molecule has 3 aromatic rings. The number of anilines is 1. The maximum Gasteiger partial charge on any atom is 0.339 e. The zero-order valence-corrected chi connectivity index (χ0v) is 17.3. The molecule has 1 unspecified atom stereocenters. The number of esters is 1. The molecule has 0 bridgehead atoms. The van der Waals surface area contributed by atoms with E-state index in [0.29, 0.717) is 21.8 Å². The average Bonchev–Trinajstić information content (AvgIpc) is 2.70. The molecular weight excluding hydrogens is 442 g/mol. The Morgan fingerprint density at radius 1 is 1.00 bits per heavy atom. The Hall–Kier alpha value is -2.63. The van der Waals surface area contributed by atoms with Crippen molar-refractivity contribution < 1.29 is 14.3 Å². The molecule has 0 aliphatic carbocycles. The molecule has 3 aromatic carbocycles. The van der Waals surface area contributed by atoms with Crippen molar-refractivity contribution >= 4 is 45.1 Å². The second-order valence-electron chi connectivity index (χ2n) is 6.16. The van der Waals surface area contributed by atoms with E-state index in [2.05, 4.69) is 21.2 Å². The summed E-state index contributed by atoms with van der Waals surface area (Å²) >= 11 is 9.46. The van der Waals surface area contributed by atoms with Gasteiger partial charge in [-0.25, -0.2) is 4.79 Å². The lowest BCUT2D eigenvalue weighted by molar-refractivity contribution is -0.125. The molecule has 0 saturated carbocycles. The summed E-state index contributed by atoms with van der Waals surface area (Å²) in [5, 5.41) is 3.31. The van der Waals surface area contributed by atoms with E-state index < -0.39 is 18.0 Å². The molecule has 0 aliphatic rings. The first kappa shape index (κ1) is 20.1. The van der Waals surface area contributed by atoms with Crippen LogP contribution in [-0.4, -0.2) is 11.9 Å². The number of hydrogen-bond acceptors (Lipinski definition) is 3. The fraction of sp³-hybridized carbons (Fsp3) is 0.0909. The average molecular weight is 459 g/mol. The third kappa shape index (κ3) is 5.00. The number of rotatable bonds is 5. The standard InChI is InChI=1S/C22H17BrClNO3/c1-14-7-12-18(13-19(14)24)25-21(26)20(15-5-3-2-4-6-15)28-22(27)16-8-10-17(23)11-9-16/h2-13,20H,1H3,(H,25,26). The molecule has 0 radical (unpaired) electrons. The molecule has 0 aromatic heterocycles. The second kappa shape index (κ2) is 9.04. The summed E-state index contributed by atoms with van der Waals surface area (Å²) in [6, 6.07) is 20.8. The molecule has 0 fully saturated rings. The summed E-state index contributed by atoms with van der Waals surface area (Å²) in [5.74, 6) is -1.05. The maximum absolute atomic E-state index is 12.9. The van der Waals surface area contributed by atoms with Gasteiger partial charge < -0.3 is 10.1 Å². The molecule has 28 heavy (non-hydrogen) atoms. The fourth-order valence-electron chi connectivity index (χ4n) is 2.54. The maximum atomic E-state index is 12.9. The number of aryl methyl sites for hydroxylation is 1. The molecule has 142 valence electrons. The second-order valence-corrected chi connectivity index (χ2v) is 7.48. The van der Waals surface area contributed by atoms with E-state index in [4.69, 9.17) is 16.3 Å². The first-order valence-corrected chi connectivity index (χ1v) is 9.69. The van der Waals surface area contributed by atoms with Gasteiger partial charge >= 0.3 is 5.97 Å². The van der Waals surface area contributed by atoms with Gasteiger partial charge in [0.25, 0.3) is 5.91 Å². The minimum atomic E-state index is -1.10. The Labute approximate surface area is 176 Å². The van der Waals surface area contributed by atoms with Crippen LogP contribution >= 0.6 is 27.5 Å². The highest BCUT2D eigenvalue weighted by Gasteiger charge is 2.26. The summed E-state index contributed by atoms with van der Waals surface area (Å²) in [7, 11) is 0. The van der Waals surface area contributed by atoms with Crippen LogP contribution in [0, 0.1) is 6.92 Å². The highest BCUT2D eigenvalue weighted by Crippen LogP contribution is 2.24. The van der Waals surface area contributed by atoms with E-state index in [9.17, 15) is 9.59 Å². The van der Waals surface area contributed by atoms with Gasteiger partial charge in [-0.2, -0.15) is 0 Å². The van der Waals surface area contributed by atoms with Crippen molar-refractivity contribution in [2.24, 2.45) is 0 Å². The highest BCUT2D eigenvalue weighted by atomic mass is 79.9. The van der Waals surface area contributed by atoms with Crippen molar-refractivity contribution in [1.29, 1.82) is 0 Å². The predicted molar refractivity (Wildman–Crippen MR) is 114 cm³/mol. The van der Waals surface area contributed by atoms with E-state index in [1.54, 1.807) is 60.7 Å². The van der Waals surface area contributed by atoms with Gasteiger partial charge in [0.15, 0.2) is 0 Å². The molecule has 1 atom stereocenters. The molecule has 6 heteroatoms. The van der Waals surface area contributed by atoms with Crippen molar-refractivity contribution in [3.8, 4) is 0 Å². The minimum absolute atomic E-state index is 0.357. The van der Waals surface area contributed by atoms with Gasteiger partial charge in [0.2, 0.25) is 6.10 Å². The number of hydrogen-bond donors (Lipinski definition) is 1. The van der Waals surface area contributed by atoms with Gasteiger partial charge in [-0.15, -0.1) is 0 Å². The Morgan fingerprint density at radius 2 is 1.68 bits per heavy atom. The van der Waals surface area contributed by atoms with Crippen LogP contribution in [0.1, 0.15) is 27.6 Å². The van der Waals surface area contributed by atoms with Crippen LogP contribution in [0.25, 0.3) is 0 Å². The number of carbonyl (C=O) groups excluding carboxylic acids is 2. The molecule has 0 saturated heterocycles. The fourth-order valence-corrected chi connectivity index (χ4v) is 2.99. The zero-order valence-electron chi connectivity index (χ0n) is 15.0. The summed E-state index contributed by atoms with van der Waals surface area (Å²) in [5.41, 5.74) is 2.36. The van der Waals surface area contributed by atoms with Gasteiger partial charge in [0.1, 0.15) is 0 Å². The monoisotopic (exact) mass is 457 g/mol. The summed E-state index contributed by atoms with van der Waals surface area (Å²) in [6.07, 6.45) is -1.10. The Bertz CT molecular complexity index is 990. The molecule has 1 N–H and O–H groups in total. The molecule has 0 heterocycles. The van der Waals surface area contributed by atoms with Gasteiger partial charge in [-0.1, -0.05) is 63.9 Å². The topological polar surface area (TPSA) is 55.4 Å². The summed E-state index contributed by atoms with van der Waals surface area (Å²) < 4.78 is 6.40. The van der Waals surface area contributed by atoms with Crippen LogP contribution in [0.3, 0.4) is 0 Å². The lowest BCUT2D eigenvalue weighted by atomic mass is 10.1. The predicted octanol–water partition coefficient (Wildman–Crippen LogP) is 5.95. The summed E-state index contributed by atoms with van der Waals surface area (Å²) in [6.45, 7) is 1.88. The van der Waals surface area contributed by atoms with Crippen LogP contribution in [0.4, 0.5) is 5.69 Å². The Morgan fingerprint density at radius 3 is 2.32 bits per heavy atom. The van der Waals surface area contributed by atoms with Crippen molar-refractivity contribution in [3.05, 3.63) is 99.0 Å². The number of nitrogens with one attached hydrogen (secondary N) is 1. The van der Waals surface area contributed by atoms with Crippen molar-refractivity contribution in [2.45, 2.75) is 13.0 Å². The van der Waals surface area contributed by atoms with Crippen LogP contribution < -0.4 is 5.32 Å². The van der Waals surface area contributed by atoms with Gasteiger partial charge in [0, 0.05) is 20.7 Å². The van der Waals surface area contributed by atoms with Gasteiger partial charge in [0.05, 0.1) is 5.56 Å². The van der Waals surface area contributed by atoms with Crippen molar-refractivity contribution in [3.63, 3.8) is 0 Å². The SMILES string of the molecule is Cc1ccc(NC(=O)C(OC(=O)c2ccc(Br)cc2)c2ccccc2)cc1Cl. The smallest absolute Gasteiger partial charge is 0.339 e. The molecule has 3 rings (SSSR count). The van der Waals surface area contributed by atoms with E-state index >= 15 is 0 Å². The first-order valence-electron chi connectivity index (χ1n) is 8.52. The largest absolute Gasteiger partial charge is 0.444 e. The van der Waals surface area contributed by atoms with E-state index in [1.165, 1.54) is 0 Å². The van der Waals surface area contributed by atoms with Crippen LogP contribution in [-0.2, 0) is 9.53 Å².